The van der Waals surface area contributed by atoms with E-state index in [2.05, 4.69) is 5.32 Å². The summed E-state index contributed by atoms with van der Waals surface area (Å²) in [6.45, 7) is 7.23. The molecule has 0 saturated carbocycles. The smallest absolute Gasteiger partial charge is 0.343 e. The zero-order valence-corrected chi connectivity index (χ0v) is 13.2. The molecule has 0 aliphatic heterocycles. The first-order valence-electron chi connectivity index (χ1n) is 7.05. The molecule has 4 nitrogen and oxygen atoms in total. The van der Waals surface area contributed by atoms with Crippen LogP contribution in [0.4, 0.5) is 5.69 Å². The van der Waals surface area contributed by atoms with Crippen LogP contribution in [0.3, 0.4) is 0 Å². The summed E-state index contributed by atoms with van der Waals surface area (Å²) in [5.41, 5.74) is 3.90. The van der Waals surface area contributed by atoms with Crippen LogP contribution in [0.1, 0.15) is 34.0 Å². The van der Waals surface area contributed by atoms with Crippen LogP contribution in [0.25, 0.3) is 0 Å². The lowest BCUT2D eigenvalue weighted by Gasteiger charge is -2.13. The van der Waals surface area contributed by atoms with Gasteiger partial charge in [-0.2, -0.15) is 0 Å². The predicted octanol–water partition coefficient (Wildman–Crippen LogP) is 3.79. The molecule has 0 saturated heterocycles. The molecule has 2 aromatic rings. The van der Waals surface area contributed by atoms with Gasteiger partial charge < -0.3 is 10.1 Å². The van der Waals surface area contributed by atoms with Gasteiger partial charge in [-0.15, -0.1) is 0 Å². The molecule has 0 aliphatic carbocycles. The van der Waals surface area contributed by atoms with Crippen molar-refractivity contribution in [3.05, 3.63) is 58.7 Å². The number of nitrogens with one attached hydrogen (secondary N) is 1. The highest BCUT2D eigenvalue weighted by atomic mass is 16.5. The summed E-state index contributed by atoms with van der Waals surface area (Å²) < 4.78 is 5.55. The summed E-state index contributed by atoms with van der Waals surface area (Å²) in [7, 11) is 0. The van der Waals surface area contributed by atoms with Crippen LogP contribution in [0, 0.1) is 20.8 Å². The average Bonchev–Trinajstić information content (AvgIpc) is 2.47. The van der Waals surface area contributed by atoms with Gasteiger partial charge in [-0.25, -0.2) is 4.79 Å². The largest absolute Gasteiger partial charge is 0.422 e. The van der Waals surface area contributed by atoms with Gasteiger partial charge in [-0.05, 0) is 55.7 Å². The fourth-order valence-corrected chi connectivity index (χ4v) is 2.16. The van der Waals surface area contributed by atoms with Crippen molar-refractivity contribution >= 4 is 17.6 Å². The Morgan fingerprint density at radius 3 is 2.36 bits per heavy atom. The van der Waals surface area contributed by atoms with Gasteiger partial charge in [0.2, 0.25) is 5.91 Å². The van der Waals surface area contributed by atoms with Crippen molar-refractivity contribution < 1.29 is 14.3 Å². The molecule has 114 valence electrons. The number of rotatable bonds is 3. The van der Waals surface area contributed by atoms with Crippen molar-refractivity contribution in [2.75, 3.05) is 5.32 Å². The van der Waals surface area contributed by atoms with Crippen LogP contribution in [-0.4, -0.2) is 11.9 Å². The van der Waals surface area contributed by atoms with Gasteiger partial charge in [0, 0.05) is 12.6 Å². The fourth-order valence-electron chi connectivity index (χ4n) is 2.16. The van der Waals surface area contributed by atoms with Gasteiger partial charge in [0.15, 0.2) is 0 Å². The van der Waals surface area contributed by atoms with Crippen molar-refractivity contribution in [2.45, 2.75) is 27.7 Å². The molecule has 0 unspecified atom stereocenters. The molecule has 1 N–H and O–H groups in total. The number of esters is 1. The number of hydrogen-bond acceptors (Lipinski definition) is 3. The highest BCUT2D eigenvalue weighted by molar-refractivity contribution is 5.94. The number of benzene rings is 2. The lowest BCUT2D eigenvalue weighted by molar-refractivity contribution is -0.114. The van der Waals surface area contributed by atoms with E-state index in [0.29, 0.717) is 17.0 Å². The number of aryl methyl sites for hydroxylation is 2. The van der Waals surface area contributed by atoms with Crippen molar-refractivity contribution in [1.29, 1.82) is 0 Å². The summed E-state index contributed by atoms with van der Waals surface area (Å²) in [6.07, 6.45) is 0. The molecule has 0 aromatic heterocycles. The summed E-state index contributed by atoms with van der Waals surface area (Å²) >= 11 is 0. The zero-order valence-electron chi connectivity index (χ0n) is 13.2. The molecule has 0 bridgehead atoms. The Hall–Kier alpha value is -2.62. The number of amides is 1. The zero-order chi connectivity index (χ0) is 16.3. The molecule has 2 aromatic carbocycles. The average molecular weight is 297 g/mol. The summed E-state index contributed by atoms with van der Waals surface area (Å²) in [5, 5.41) is 2.65. The highest BCUT2D eigenvalue weighted by Crippen LogP contribution is 2.26. The minimum Gasteiger partial charge on any atom is -0.422 e. The summed E-state index contributed by atoms with van der Waals surface area (Å²) in [6, 6.07) is 10.6. The summed E-state index contributed by atoms with van der Waals surface area (Å²) in [4.78, 5) is 23.4. The molecule has 0 heterocycles. The molecule has 0 aliphatic rings. The molecule has 0 radical (unpaired) electrons. The molecular formula is C18H19NO3. The normalized spacial score (nSPS) is 10.2. The first-order chi connectivity index (χ1) is 10.4. The van der Waals surface area contributed by atoms with Crippen LogP contribution >= 0.6 is 0 Å². The number of anilines is 1. The van der Waals surface area contributed by atoms with Gasteiger partial charge in [-0.1, -0.05) is 18.2 Å². The molecule has 22 heavy (non-hydrogen) atoms. The van der Waals surface area contributed by atoms with Gasteiger partial charge in [0.1, 0.15) is 5.75 Å². The Kier molecular flexibility index (Phi) is 4.61. The second kappa shape index (κ2) is 6.43. The minimum atomic E-state index is -0.441. The van der Waals surface area contributed by atoms with Gasteiger partial charge in [-0.3, -0.25) is 4.79 Å². The first kappa shape index (κ1) is 15.8. The predicted molar refractivity (Wildman–Crippen MR) is 86.4 cm³/mol. The van der Waals surface area contributed by atoms with Crippen molar-refractivity contribution in [3.8, 4) is 5.75 Å². The van der Waals surface area contributed by atoms with Crippen LogP contribution in [-0.2, 0) is 4.79 Å². The lowest BCUT2D eigenvalue weighted by atomic mass is 10.1. The van der Waals surface area contributed by atoms with Crippen LogP contribution in [0.2, 0.25) is 0 Å². The van der Waals surface area contributed by atoms with E-state index in [4.69, 9.17) is 4.74 Å². The molecular weight excluding hydrogens is 278 g/mol. The quantitative estimate of drug-likeness (QED) is 0.692. The molecule has 0 spiro atoms. The number of carbonyl (C=O) groups excluding carboxylic acids is 2. The maximum atomic E-state index is 12.3. The first-order valence-corrected chi connectivity index (χ1v) is 7.05. The van der Waals surface area contributed by atoms with E-state index in [1.807, 2.05) is 32.9 Å². The monoisotopic (exact) mass is 297 g/mol. The van der Waals surface area contributed by atoms with E-state index >= 15 is 0 Å². The van der Waals surface area contributed by atoms with Gasteiger partial charge >= 0.3 is 5.97 Å². The molecule has 2 rings (SSSR count). The Bertz CT molecular complexity index is 735. The fraction of sp³-hybridized carbons (Fsp3) is 0.222. The third kappa shape index (κ3) is 3.52. The number of hydrogen-bond donors (Lipinski definition) is 1. The van der Waals surface area contributed by atoms with E-state index in [0.717, 1.165) is 16.7 Å². The molecule has 4 heteroatoms. The Balaban J connectivity index is 2.27. The maximum absolute atomic E-state index is 12.3. The van der Waals surface area contributed by atoms with Crippen molar-refractivity contribution in [1.82, 2.24) is 0 Å². The van der Waals surface area contributed by atoms with Crippen LogP contribution in [0.15, 0.2) is 36.4 Å². The Morgan fingerprint density at radius 1 is 1.00 bits per heavy atom. The Morgan fingerprint density at radius 2 is 1.68 bits per heavy atom. The molecule has 0 atom stereocenters. The maximum Gasteiger partial charge on any atom is 0.343 e. The summed E-state index contributed by atoms with van der Waals surface area (Å²) in [5.74, 6) is -0.0326. The van der Waals surface area contributed by atoms with Crippen LogP contribution < -0.4 is 10.1 Å². The second-order valence-corrected chi connectivity index (χ2v) is 5.30. The number of ether oxygens (including phenoxy) is 1. The standard InChI is InChI=1S/C18H19NO3/c1-11-8-9-12(2)17(13(11)3)22-18(21)15-6-5-7-16(10-15)19-14(4)20/h5-10H,1-4H3,(H,19,20). The van der Waals surface area contributed by atoms with E-state index in [-0.39, 0.29) is 5.91 Å². The Labute approximate surface area is 130 Å². The molecule has 1 amide bonds. The molecule has 0 fully saturated rings. The highest BCUT2D eigenvalue weighted by Gasteiger charge is 2.14. The third-order valence-corrected chi connectivity index (χ3v) is 3.49. The van der Waals surface area contributed by atoms with Gasteiger partial charge in [0.25, 0.3) is 0 Å². The third-order valence-electron chi connectivity index (χ3n) is 3.49. The van der Waals surface area contributed by atoms with E-state index in [1.165, 1.54) is 6.92 Å². The minimum absolute atomic E-state index is 0.184. The van der Waals surface area contributed by atoms with Crippen molar-refractivity contribution in [3.63, 3.8) is 0 Å². The van der Waals surface area contributed by atoms with E-state index < -0.39 is 5.97 Å². The topological polar surface area (TPSA) is 55.4 Å². The number of carbonyl (C=O) groups is 2. The second-order valence-electron chi connectivity index (χ2n) is 5.30. The lowest BCUT2D eigenvalue weighted by Crippen LogP contribution is -2.12. The van der Waals surface area contributed by atoms with Crippen LogP contribution in [0.5, 0.6) is 5.75 Å². The van der Waals surface area contributed by atoms with E-state index in [1.54, 1.807) is 24.3 Å². The van der Waals surface area contributed by atoms with Crippen molar-refractivity contribution in [2.24, 2.45) is 0 Å². The van der Waals surface area contributed by atoms with Gasteiger partial charge in [0.05, 0.1) is 5.56 Å². The SMILES string of the molecule is CC(=O)Nc1cccc(C(=O)Oc2c(C)ccc(C)c2C)c1. The van der Waals surface area contributed by atoms with E-state index in [9.17, 15) is 9.59 Å².